The van der Waals surface area contributed by atoms with Gasteiger partial charge in [0, 0.05) is 17.9 Å². The van der Waals surface area contributed by atoms with E-state index in [0.29, 0.717) is 0 Å². The van der Waals surface area contributed by atoms with Gasteiger partial charge in [-0.2, -0.15) is 0 Å². The summed E-state index contributed by atoms with van der Waals surface area (Å²) >= 11 is 0. The molecule has 2 nitrogen and oxygen atoms in total. The van der Waals surface area contributed by atoms with Crippen LogP contribution in [0, 0.1) is 0 Å². The zero-order valence-corrected chi connectivity index (χ0v) is 7.14. The Balaban J connectivity index is 2.42. The van der Waals surface area contributed by atoms with Crippen LogP contribution >= 0.6 is 0 Å². The van der Waals surface area contributed by atoms with Crippen molar-refractivity contribution in [1.29, 1.82) is 0 Å². The van der Waals surface area contributed by atoms with E-state index < -0.39 is 0 Å². The van der Waals surface area contributed by atoms with Crippen molar-refractivity contribution >= 4 is 11.6 Å². The molecule has 3 heterocycles. The van der Waals surface area contributed by atoms with Gasteiger partial charge in [0.05, 0.1) is 12.2 Å². The number of hydrogen-bond donors (Lipinski definition) is 0. The van der Waals surface area contributed by atoms with Crippen molar-refractivity contribution in [2.24, 2.45) is 0 Å². The van der Waals surface area contributed by atoms with Crippen LogP contribution in [0.15, 0.2) is 36.7 Å². The molecule has 63 valence electrons. The molecule has 1 radical (unpaired) electrons. The normalized spacial score (nSPS) is 14.2. The Morgan fingerprint density at radius 3 is 3.31 bits per heavy atom. The minimum absolute atomic E-state index is 0.813. The van der Waals surface area contributed by atoms with Crippen LogP contribution in [0.25, 0.3) is 11.6 Å². The maximum atomic E-state index is 4.22. The van der Waals surface area contributed by atoms with Crippen LogP contribution in [-0.4, -0.2) is 4.40 Å². The highest BCUT2D eigenvalue weighted by molar-refractivity contribution is 5.63. The third-order valence-corrected chi connectivity index (χ3v) is 2.40. The van der Waals surface area contributed by atoms with Crippen LogP contribution in [0.4, 0.5) is 0 Å². The number of aromatic nitrogens is 1. The largest absolute Gasteiger partial charge is 0.317 e. The number of nitrogens with zero attached hydrogens (tertiary/aromatic N) is 2. The number of fused-ring (bicyclic) bond motifs is 3. The van der Waals surface area contributed by atoms with Crippen LogP contribution < -0.4 is 5.32 Å². The quantitative estimate of drug-likeness (QED) is 0.574. The highest BCUT2D eigenvalue weighted by atomic mass is 14.9. The van der Waals surface area contributed by atoms with Gasteiger partial charge in [0.1, 0.15) is 0 Å². The molecule has 0 unspecified atom stereocenters. The second-order valence-corrected chi connectivity index (χ2v) is 3.21. The van der Waals surface area contributed by atoms with Crippen molar-refractivity contribution in [1.82, 2.24) is 9.72 Å². The molecule has 2 aromatic heterocycles. The van der Waals surface area contributed by atoms with Crippen LogP contribution in [-0.2, 0) is 6.54 Å². The van der Waals surface area contributed by atoms with Crippen LogP contribution in [0.2, 0.25) is 0 Å². The van der Waals surface area contributed by atoms with E-state index in [1.807, 2.05) is 12.3 Å². The fourth-order valence-electron chi connectivity index (χ4n) is 1.79. The molecule has 3 rings (SSSR count). The van der Waals surface area contributed by atoms with E-state index in [1.165, 1.54) is 16.8 Å². The van der Waals surface area contributed by atoms with Gasteiger partial charge in [-0.3, -0.25) is 5.32 Å². The van der Waals surface area contributed by atoms with Gasteiger partial charge in [0.2, 0.25) is 0 Å². The molecular weight excluding hydrogens is 160 g/mol. The van der Waals surface area contributed by atoms with Crippen molar-refractivity contribution in [2.45, 2.75) is 6.54 Å². The van der Waals surface area contributed by atoms with Gasteiger partial charge in [-0.25, -0.2) is 0 Å². The molecule has 0 saturated heterocycles. The van der Waals surface area contributed by atoms with Gasteiger partial charge in [-0.15, -0.1) is 0 Å². The average Bonchev–Trinajstić information content (AvgIpc) is 2.56. The Hall–Kier alpha value is -1.70. The van der Waals surface area contributed by atoms with E-state index >= 15 is 0 Å². The molecule has 0 aliphatic carbocycles. The second-order valence-electron chi connectivity index (χ2n) is 3.21. The van der Waals surface area contributed by atoms with Crippen molar-refractivity contribution in [3.63, 3.8) is 0 Å². The van der Waals surface area contributed by atoms with Gasteiger partial charge in [-0.05, 0) is 29.8 Å². The predicted octanol–water partition coefficient (Wildman–Crippen LogP) is 2.03. The molecule has 0 amide bonds. The molecule has 0 bridgehead atoms. The standard InChI is InChI=1S/C11H9N2/c1-2-6-13-10(3-1)7-9-8-12-5-4-11(9)13/h1-7H,8H2. The number of pyridine rings is 1. The summed E-state index contributed by atoms with van der Waals surface area (Å²) < 4.78 is 2.19. The van der Waals surface area contributed by atoms with Gasteiger partial charge in [0.25, 0.3) is 0 Å². The Labute approximate surface area is 76.5 Å². The lowest BCUT2D eigenvalue weighted by Crippen LogP contribution is -2.02. The third kappa shape index (κ3) is 0.886. The van der Waals surface area contributed by atoms with E-state index in [4.69, 9.17) is 0 Å². The molecule has 2 heteroatoms. The Morgan fingerprint density at radius 1 is 1.31 bits per heavy atom. The predicted molar refractivity (Wildman–Crippen MR) is 52.3 cm³/mol. The first-order chi connectivity index (χ1) is 6.45. The maximum absolute atomic E-state index is 4.22. The number of hydrogen-bond acceptors (Lipinski definition) is 0. The summed E-state index contributed by atoms with van der Waals surface area (Å²) in [6, 6.07) is 8.42. The first kappa shape index (κ1) is 6.78. The topological polar surface area (TPSA) is 18.5 Å². The maximum Gasteiger partial charge on any atom is 0.0661 e. The summed E-state index contributed by atoms with van der Waals surface area (Å²) in [5.74, 6) is 0. The van der Waals surface area contributed by atoms with Crippen molar-refractivity contribution < 1.29 is 0 Å². The van der Waals surface area contributed by atoms with E-state index in [9.17, 15) is 0 Å². The molecule has 0 aromatic carbocycles. The van der Waals surface area contributed by atoms with Crippen LogP contribution in [0.5, 0.6) is 0 Å². The highest BCUT2D eigenvalue weighted by Gasteiger charge is 2.09. The van der Waals surface area contributed by atoms with Gasteiger partial charge >= 0.3 is 0 Å². The summed E-state index contributed by atoms with van der Waals surface area (Å²) in [7, 11) is 0. The Bertz CT molecular complexity index is 480. The lowest BCUT2D eigenvalue weighted by Gasteiger charge is -2.05. The summed E-state index contributed by atoms with van der Waals surface area (Å²) in [5, 5.41) is 4.22. The SMILES string of the molecule is C1=Cc2c(cc3ccccn23)C[N]1. The van der Waals surface area contributed by atoms with E-state index in [0.717, 1.165) is 6.54 Å². The van der Waals surface area contributed by atoms with E-state index in [-0.39, 0.29) is 0 Å². The zero-order valence-electron chi connectivity index (χ0n) is 7.14. The Morgan fingerprint density at radius 2 is 2.31 bits per heavy atom. The average molecular weight is 169 g/mol. The molecule has 1 aliphatic heterocycles. The van der Waals surface area contributed by atoms with Crippen molar-refractivity contribution in [2.75, 3.05) is 0 Å². The van der Waals surface area contributed by atoms with E-state index in [2.05, 4.69) is 40.2 Å². The zero-order chi connectivity index (χ0) is 8.67. The summed E-state index contributed by atoms with van der Waals surface area (Å²) in [6.45, 7) is 0.813. The molecule has 0 spiro atoms. The molecular formula is C11H9N2. The minimum atomic E-state index is 0.813. The van der Waals surface area contributed by atoms with Gasteiger partial charge < -0.3 is 4.40 Å². The van der Waals surface area contributed by atoms with E-state index in [1.54, 1.807) is 0 Å². The lowest BCUT2D eigenvalue weighted by atomic mass is 10.2. The molecule has 2 aromatic rings. The molecule has 0 fully saturated rings. The number of rotatable bonds is 0. The molecule has 0 N–H and O–H groups in total. The lowest BCUT2D eigenvalue weighted by molar-refractivity contribution is 0.838. The van der Waals surface area contributed by atoms with Crippen molar-refractivity contribution in [3.8, 4) is 0 Å². The summed E-state index contributed by atoms with van der Waals surface area (Å²) in [5.41, 5.74) is 3.83. The molecule has 0 saturated carbocycles. The smallest absolute Gasteiger partial charge is 0.0661 e. The van der Waals surface area contributed by atoms with Gasteiger partial charge in [0.15, 0.2) is 0 Å². The van der Waals surface area contributed by atoms with Crippen LogP contribution in [0.1, 0.15) is 11.3 Å². The highest BCUT2D eigenvalue weighted by Crippen LogP contribution is 2.20. The molecule has 1 aliphatic rings. The third-order valence-electron chi connectivity index (χ3n) is 2.40. The first-order valence-corrected chi connectivity index (χ1v) is 4.37. The minimum Gasteiger partial charge on any atom is -0.317 e. The van der Waals surface area contributed by atoms with Crippen molar-refractivity contribution in [3.05, 3.63) is 47.9 Å². The molecule has 0 atom stereocenters. The monoisotopic (exact) mass is 169 g/mol. The second kappa shape index (κ2) is 2.39. The summed E-state index contributed by atoms with van der Waals surface area (Å²) in [6.07, 6.45) is 6.03. The Kier molecular flexibility index (Phi) is 1.25. The van der Waals surface area contributed by atoms with Crippen LogP contribution in [0.3, 0.4) is 0 Å². The first-order valence-electron chi connectivity index (χ1n) is 4.37. The fourth-order valence-corrected chi connectivity index (χ4v) is 1.79. The molecule has 13 heavy (non-hydrogen) atoms. The summed E-state index contributed by atoms with van der Waals surface area (Å²) in [4.78, 5) is 0. The van der Waals surface area contributed by atoms with Gasteiger partial charge in [-0.1, -0.05) is 6.07 Å². The fraction of sp³-hybridized carbons (Fsp3) is 0.0909.